The van der Waals surface area contributed by atoms with E-state index in [1.54, 1.807) is 0 Å². The molecule has 5 rings (SSSR count). The van der Waals surface area contributed by atoms with E-state index in [1.807, 2.05) is 6.92 Å². The highest BCUT2D eigenvalue weighted by Gasteiger charge is 2.47. The standard InChI is InChI=1S/C23H38N8O2/c1-14(16-9-6-10-16)25-19-17-20(27-21(26-19)18(24)29-33)28-22(30-12-23(2,32)13-30)31(17)11-15-7-4-3-5-8-15/h14-16,22,32-33H,3-13H2,1-2H3,(H2,24,29)(H2,25,26,27,28)/t14-,22?/m1/s1. The van der Waals surface area contributed by atoms with Crippen LogP contribution in [0.1, 0.15) is 71.0 Å². The molecule has 10 nitrogen and oxygen atoms in total. The normalized spacial score (nSPS) is 26.8. The largest absolute Gasteiger partial charge is 0.409 e. The Balaban J connectivity index is 1.50. The Morgan fingerprint density at radius 3 is 2.55 bits per heavy atom. The van der Waals surface area contributed by atoms with Crippen LogP contribution in [-0.4, -0.2) is 68.6 Å². The van der Waals surface area contributed by atoms with E-state index in [4.69, 9.17) is 10.7 Å². The molecule has 2 aliphatic heterocycles. The van der Waals surface area contributed by atoms with E-state index in [0.717, 1.165) is 18.1 Å². The second-order valence-corrected chi connectivity index (χ2v) is 10.8. The number of β-amino-alcohol motifs (C(OH)–C–C–N with tert-alkyl or cyclic N) is 1. The number of anilines is 3. The SMILES string of the molecule is C[C@@H](Nc1nc(/C(N)=N/O)nc2c1N(CC1CCCCC1)C(N1CC(C)(O)C1)N2)C1CCC1. The highest BCUT2D eigenvalue weighted by atomic mass is 16.4. The van der Waals surface area contributed by atoms with Gasteiger partial charge in [0.2, 0.25) is 11.7 Å². The summed E-state index contributed by atoms with van der Waals surface area (Å²) < 4.78 is 0. The average Bonchev–Trinajstić information content (AvgIpc) is 3.09. The first-order chi connectivity index (χ1) is 15.8. The fraction of sp³-hybridized carbons (Fsp3) is 0.783. The number of nitrogens with one attached hydrogen (secondary N) is 2. The molecule has 182 valence electrons. The number of aliphatic hydroxyl groups is 1. The first-order valence-corrected chi connectivity index (χ1v) is 12.5. The van der Waals surface area contributed by atoms with Gasteiger partial charge in [0, 0.05) is 25.7 Å². The van der Waals surface area contributed by atoms with Gasteiger partial charge in [0.1, 0.15) is 5.69 Å². The number of nitrogens with zero attached hydrogens (tertiary/aromatic N) is 5. The van der Waals surface area contributed by atoms with Crippen molar-refractivity contribution in [3.05, 3.63) is 5.82 Å². The molecule has 0 amide bonds. The predicted octanol–water partition coefficient (Wildman–Crippen LogP) is 2.33. The molecular weight excluding hydrogens is 420 g/mol. The summed E-state index contributed by atoms with van der Waals surface area (Å²) >= 11 is 0. The minimum atomic E-state index is -0.669. The summed E-state index contributed by atoms with van der Waals surface area (Å²) in [5, 5.41) is 30.0. The van der Waals surface area contributed by atoms with E-state index in [9.17, 15) is 10.3 Å². The molecule has 2 saturated carbocycles. The predicted molar refractivity (Wildman–Crippen MR) is 128 cm³/mol. The molecule has 2 atom stereocenters. The molecule has 3 heterocycles. The Labute approximate surface area is 195 Å². The van der Waals surface area contributed by atoms with Gasteiger partial charge in [-0.2, -0.15) is 0 Å². The van der Waals surface area contributed by atoms with Crippen molar-refractivity contribution in [2.24, 2.45) is 22.7 Å². The number of likely N-dealkylation sites (tertiary alicyclic amines) is 1. The zero-order chi connectivity index (χ0) is 23.2. The Hall–Kier alpha value is -2.33. The van der Waals surface area contributed by atoms with Crippen LogP contribution in [0.5, 0.6) is 0 Å². The van der Waals surface area contributed by atoms with E-state index in [1.165, 1.54) is 51.4 Å². The molecule has 0 spiro atoms. The first-order valence-electron chi connectivity index (χ1n) is 12.5. The van der Waals surface area contributed by atoms with Gasteiger partial charge in [-0.3, -0.25) is 4.90 Å². The third-order valence-electron chi connectivity index (χ3n) is 7.90. The topological polar surface area (TPSA) is 135 Å². The first kappa shape index (κ1) is 22.5. The molecule has 0 aromatic carbocycles. The van der Waals surface area contributed by atoms with Crippen LogP contribution in [0, 0.1) is 11.8 Å². The van der Waals surface area contributed by atoms with Gasteiger partial charge in [-0.1, -0.05) is 30.8 Å². The molecule has 1 aromatic heterocycles. The van der Waals surface area contributed by atoms with Gasteiger partial charge in [-0.05, 0) is 51.4 Å². The van der Waals surface area contributed by atoms with Crippen LogP contribution in [0.2, 0.25) is 0 Å². The van der Waals surface area contributed by atoms with Crippen LogP contribution >= 0.6 is 0 Å². The van der Waals surface area contributed by atoms with Gasteiger partial charge in [0.05, 0.1) is 5.60 Å². The molecular formula is C23H38N8O2. The summed E-state index contributed by atoms with van der Waals surface area (Å²) in [4.78, 5) is 14.0. The lowest BCUT2D eigenvalue weighted by molar-refractivity contribution is -0.0971. The Bertz CT molecular complexity index is 889. The van der Waals surface area contributed by atoms with E-state index in [2.05, 4.69) is 37.5 Å². The Morgan fingerprint density at radius 1 is 1.21 bits per heavy atom. The second kappa shape index (κ2) is 8.79. The van der Waals surface area contributed by atoms with Gasteiger partial charge < -0.3 is 31.6 Å². The maximum atomic E-state index is 10.4. The molecule has 3 fully saturated rings. The van der Waals surface area contributed by atoms with Crippen LogP contribution in [0.15, 0.2) is 5.16 Å². The molecule has 0 bridgehead atoms. The fourth-order valence-corrected chi connectivity index (χ4v) is 5.81. The van der Waals surface area contributed by atoms with Crippen molar-refractivity contribution < 1.29 is 10.3 Å². The average molecular weight is 459 g/mol. The minimum absolute atomic E-state index is 0.0986. The van der Waals surface area contributed by atoms with Gasteiger partial charge >= 0.3 is 0 Å². The molecule has 10 heteroatoms. The van der Waals surface area contributed by atoms with Crippen LogP contribution < -0.4 is 21.3 Å². The fourth-order valence-electron chi connectivity index (χ4n) is 5.81. The summed E-state index contributed by atoms with van der Waals surface area (Å²) in [7, 11) is 0. The molecule has 0 radical (unpaired) electrons. The number of hydrogen-bond acceptors (Lipinski definition) is 9. The van der Waals surface area contributed by atoms with E-state index >= 15 is 0 Å². The van der Waals surface area contributed by atoms with E-state index < -0.39 is 5.60 Å². The van der Waals surface area contributed by atoms with Crippen LogP contribution in [0.3, 0.4) is 0 Å². The summed E-state index contributed by atoms with van der Waals surface area (Å²) in [5.74, 6) is 2.79. The lowest BCUT2D eigenvalue weighted by Gasteiger charge is -2.50. The minimum Gasteiger partial charge on any atom is -0.409 e. The lowest BCUT2D eigenvalue weighted by atomic mass is 9.80. The quantitative estimate of drug-likeness (QED) is 0.180. The zero-order valence-electron chi connectivity index (χ0n) is 19.8. The van der Waals surface area contributed by atoms with Crippen molar-refractivity contribution in [1.29, 1.82) is 0 Å². The van der Waals surface area contributed by atoms with Gasteiger partial charge in [-0.15, -0.1) is 0 Å². The Kier molecular flexibility index (Phi) is 5.98. The third-order valence-corrected chi connectivity index (χ3v) is 7.90. The van der Waals surface area contributed by atoms with Gasteiger partial charge in [-0.25, -0.2) is 9.97 Å². The molecule has 33 heavy (non-hydrogen) atoms. The molecule has 1 aromatic rings. The number of aromatic nitrogens is 2. The van der Waals surface area contributed by atoms with Crippen LogP contribution in [-0.2, 0) is 0 Å². The lowest BCUT2D eigenvalue weighted by Crippen LogP contribution is -2.67. The summed E-state index contributed by atoms with van der Waals surface area (Å²) in [5.41, 5.74) is 6.19. The van der Waals surface area contributed by atoms with Gasteiger partial charge in [0.25, 0.3) is 0 Å². The molecule has 2 aliphatic carbocycles. The van der Waals surface area contributed by atoms with Crippen LogP contribution in [0.25, 0.3) is 0 Å². The van der Waals surface area contributed by atoms with Crippen LogP contribution in [0.4, 0.5) is 17.3 Å². The number of oxime groups is 1. The number of amidine groups is 1. The molecule has 1 saturated heterocycles. The summed E-state index contributed by atoms with van der Waals surface area (Å²) in [6.45, 7) is 6.20. The molecule has 1 unspecified atom stereocenters. The second-order valence-electron chi connectivity index (χ2n) is 10.8. The van der Waals surface area contributed by atoms with Crippen molar-refractivity contribution in [3.8, 4) is 0 Å². The summed E-state index contributed by atoms with van der Waals surface area (Å²) in [6.07, 6.45) is 9.99. The van der Waals surface area contributed by atoms with Crippen molar-refractivity contribution in [3.63, 3.8) is 0 Å². The van der Waals surface area contributed by atoms with E-state index in [0.29, 0.717) is 30.7 Å². The number of fused-ring (bicyclic) bond motifs is 1. The number of nitrogens with two attached hydrogens (primary N) is 1. The number of hydrogen-bond donors (Lipinski definition) is 5. The third kappa shape index (κ3) is 4.42. The highest BCUT2D eigenvalue weighted by molar-refractivity contribution is 5.96. The van der Waals surface area contributed by atoms with Gasteiger partial charge in [0.15, 0.2) is 17.9 Å². The zero-order valence-corrected chi connectivity index (χ0v) is 19.8. The maximum absolute atomic E-state index is 10.4. The summed E-state index contributed by atoms with van der Waals surface area (Å²) in [6, 6.07) is 0.276. The van der Waals surface area contributed by atoms with Crippen molar-refractivity contribution in [1.82, 2.24) is 14.9 Å². The monoisotopic (exact) mass is 458 g/mol. The van der Waals surface area contributed by atoms with E-state index in [-0.39, 0.29) is 24.0 Å². The Morgan fingerprint density at radius 2 is 1.94 bits per heavy atom. The smallest absolute Gasteiger partial charge is 0.208 e. The maximum Gasteiger partial charge on any atom is 0.208 e. The van der Waals surface area contributed by atoms with Crippen molar-refractivity contribution in [2.75, 3.05) is 35.2 Å². The number of rotatable bonds is 7. The van der Waals surface area contributed by atoms with Crippen molar-refractivity contribution in [2.45, 2.75) is 83.1 Å². The highest BCUT2D eigenvalue weighted by Crippen LogP contribution is 2.43. The molecule has 4 aliphatic rings. The van der Waals surface area contributed by atoms with Crippen molar-refractivity contribution >= 4 is 23.2 Å². The molecule has 6 N–H and O–H groups in total.